The third kappa shape index (κ3) is 2.37. The maximum Gasteiger partial charge on any atom is 0.0582 e. The van der Waals surface area contributed by atoms with E-state index in [1.165, 1.54) is 15.6 Å². The second-order valence-electron chi connectivity index (χ2n) is 3.72. The minimum atomic E-state index is 0.156. The molecule has 1 aromatic carbocycles. The fourth-order valence-electron chi connectivity index (χ4n) is 1.52. The van der Waals surface area contributed by atoms with E-state index in [1.54, 1.807) is 11.3 Å². The maximum atomic E-state index is 8.92. The molecule has 0 saturated heterocycles. The average molecular weight is 221 g/mol. The molecule has 0 aliphatic carbocycles. The Labute approximate surface area is 93.6 Å². The van der Waals surface area contributed by atoms with E-state index in [0.717, 1.165) is 6.54 Å². The number of aliphatic hydroxyl groups excluding tert-OH is 1. The summed E-state index contributed by atoms with van der Waals surface area (Å²) >= 11 is 1.77. The zero-order chi connectivity index (χ0) is 10.7. The van der Waals surface area contributed by atoms with E-state index >= 15 is 0 Å². The summed E-state index contributed by atoms with van der Waals surface area (Å²) in [4.78, 5) is 0. The van der Waals surface area contributed by atoms with Crippen LogP contribution in [0.5, 0.6) is 0 Å². The molecule has 2 rings (SSSR count). The first kappa shape index (κ1) is 10.6. The van der Waals surface area contributed by atoms with Gasteiger partial charge in [-0.05, 0) is 29.3 Å². The molecular weight excluding hydrogens is 206 g/mol. The summed E-state index contributed by atoms with van der Waals surface area (Å²) in [5, 5.41) is 15.7. The fraction of sp³-hybridized carbons (Fsp3) is 0.333. The van der Waals surface area contributed by atoms with Gasteiger partial charge < -0.3 is 10.4 Å². The molecule has 2 N–H and O–H groups in total. The van der Waals surface area contributed by atoms with Crippen molar-refractivity contribution >= 4 is 21.4 Å². The van der Waals surface area contributed by atoms with Gasteiger partial charge in [0.15, 0.2) is 0 Å². The zero-order valence-electron chi connectivity index (χ0n) is 8.73. The lowest BCUT2D eigenvalue weighted by atomic mass is 10.2. The Hall–Kier alpha value is -0.900. The van der Waals surface area contributed by atoms with E-state index in [-0.39, 0.29) is 12.6 Å². The summed E-state index contributed by atoms with van der Waals surface area (Å²) in [5.74, 6) is 0. The second kappa shape index (κ2) is 4.75. The van der Waals surface area contributed by atoms with Gasteiger partial charge in [0.2, 0.25) is 0 Å². The molecule has 80 valence electrons. The number of benzene rings is 1. The molecule has 15 heavy (non-hydrogen) atoms. The summed E-state index contributed by atoms with van der Waals surface area (Å²) in [5.41, 5.74) is 1.32. The number of hydrogen-bond donors (Lipinski definition) is 2. The molecule has 1 heterocycles. The van der Waals surface area contributed by atoms with Crippen LogP contribution < -0.4 is 5.32 Å². The molecule has 1 unspecified atom stereocenters. The topological polar surface area (TPSA) is 32.3 Å². The molecule has 1 aromatic heterocycles. The molecule has 2 nitrogen and oxygen atoms in total. The van der Waals surface area contributed by atoms with Crippen molar-refractivity contribution in [3.8, 4) is 0 Å². The first-order chi connectivity index (χ1) is 7.31. The highest BCUT2D eigenvalue weighted by Gasteiger charge is 2.04. The average Bonchev–Trinajstić information content (AvgIpc) is 2.69. The van der Waals surface area contributed by atoms with Crippen LogP contribution in [-0.2, 0) is 6.54 Å². The van der Waals surface area contributed by atoms with Crippen LogP contribution in [0.3, 0.4) is 0 Å². The first-order valence-corrected chi connectivity index (χ1v) is 5.98. The molecule has 2 aromatic rings. The van der Waals surface area contributed by atoms with Crippen LogP contribution in [0.15, 0.2) is 29.6 Å². The van der Waals surface area contributed by atoms with E-state index in [0.29, 0.717) is 0 Å². The van der Waals surface area contributed by atoms with Crippen LogP contribution in [-0.4, -0.2) is 17.8 Å². The Balaban J connectivity index is 2.14. The summed E-state index contributed by atoms with van der Waals surface area (Å²) in [6.45, 7) is 2.99. The van der Waals surface area contributed by atoms with Gasteiger partial charge in [0.05, 0.1) is 6.61 Å². The van der Waals surface area contributed by atoms with Gasteiger partial charge in [0.1, 0.15) is 0 Å². The highest BCUT2D eigenvalue weighted by molar-refractivity contribution is 7.17. The van der Waals surface area contributed by atoms with E-state index in [2.05, 4.69) is 35.0 Å². The van der Waals surface area contributed by atoms with Gasteiger partial charge in [0, 0.05) is 17.3 Å². The number of fused-ring (bicyclic) bond motifs is 1. The van der Waals surface area contributed by atoms with Crippen molar-refractivity contribution in [3.63, 3.8) is 0 Å². The monoisotopic (exact) mass is 221 g/mol. The number of aliphatic hydroxyl groups is 1. The molecule has 0 aliphatic heterocycles. The van der Waals surface area contributed by atoms with Gasteiger partial charge in [0.25, 0.3) is 0 Å². The van der Waals surface area contributed by atoms with E-state index in [4.69, 9.17) is 5.11 Å². The molecule has 1 atom stereocenters. The van der Waals surface area contributed by atoms with Crippen LogP contribution >= 0.6 is 11.3 Å². The highest BCUT2D eigenvalue weighted by atomic mass is 32.1. The zero-order valence-corrected chi connectivity index (χ0v) is 9.55. The van der Waals surface area contributed by atoms with Crippen molar-refractivity contribution in [3.05, 3.63) is 35.2 Å². The summed E-state index contributed by atoms with van der Waals surface area (Å²) in [6, 6.07) is 8.56. The summed E-state index contributed by atoms with van der Waals surface area (Å²) in [7, 11) is 0. The predicted molar refractivity (Wildman–Crippen MR) is 65.2 cm³/mol. The largest absolute Gasteiger partial charge is 0.395 e. The normalized spacial score (nSPS) is 13.2. The third-order valence-corrected chi connectivity index (χ3v) is 3.49. The Morgan fingerprint density at radius 3 is 3.00 bits per heavy atom. The maximum absolute atomic E-state index is 8.92. The number of hydrogen-bond acceptors (Lipinski definition) is 3. The van der Waals surface area contributed by atoms with Crippen molar-refractivity contribution in [2.45, 2.75) is 19.5 Å². The van der Waals surface area contributed by atoms with E-state index < -0.39 is 0 Å². The standard InChI is InChI=1S/C12H15NOS/c1-9(7-14)13-6-10-8-15-12-5-3-2-4-11(10)12/h2-5,8-9,13-14H,6-7H2,1H3. The summed E-state index contributed by atoms with van der Waals surface area (Å²) < 4.78 is 1.32. The van der Waals surface area contributed by atoms with Crippen LogP contribution in [0.4, 0.5) is 0 Å². The molecule has 0 fully saturated rings. The van der Waals surface area contributed by atoms with Crippen molar-refractivity contribution in [2.75, 3.05) is 6.61 Å². The van der Waals surface area contributed by atoms with Gasteiger partial charge in [-0.2, -0.15) is 0 Å². The molecule has 0 radical (unpaired) electrons. The lowest BCUT2D eigenvalue weighted by Crippen LogP contribution is -2.28. The smallest absolute Gasteiger partial charge is 0.0582 e. The molecule has 3 heteroatoms. The lowest BCUT2D eigenvalue weighted by Gasteiger charge is -2.09. The Kier molecular flexibility index (Phi) is 3.36. The third-order valence-electron chi connectivity index (χ3n) is 2.48. The van der Waals surface area contributed by atoms with Gasteiger partial charge in [-0.1, -0.05) is 18.2 Å². The molecule has 0 spiro atoms. The van der Waals surface area contributed by atoms with Crippen molar-refractivity contribution in [2.24, 2.45) is 0 Å². The predicted octanol–water partition coefficient (Wildman–Crippen LogP) is 2.37. The van der Waals surface area contributed by atoms with Crippen molar-refractivity contribution < 1.29 is 5.11 Å². The van der Waals surface area contributed by atoms with Gasteiger partial charge in [-0.25, -0.2) is 0 Å². The number of thiophene rings is 1. The quantitative estimate of drug-likeness (QED) is 0.830. The highest BCUT2D eigenvalue weighted by Crippen LogP contribution is 2.25. The van der Waals surface area contributed by atoms with Crippen LogP contribution in [0.2, 0.25) is 0 Å². The van der Waals surface area contributed by atoms with Gasteiger partial charge in [-0.15, -0.1) is 11.3 Å². The Bertz CT molecular complexity index is 438. The number of nitrogens with one attached hydrogen (secondary N) is 1. The Morgan fingerprint density at radius 2 is 2.20 bits per heavy atom. The van der Waals surface area contributed by atoms with Crippen LogP contribution in [0, 0.1) is 0 Å². The molecular formula is C12H15NOS. The molecule has 0 aliphatic rings. The number of rotatable bonds is 4. The van der Waals surface area contributed by atoms with Crippen molar-refractivity contribution in [1.82, 2.24) is 5.32 Å². The molecule has 0 bridgehead atoms. The molecule has 0 amide bonds. The molecule has 0 saturated carbocycles. The summed E-state index contributed by atoms with van der Waals surface area (Å²) in [6.07, 6.45) is 0. The minimum absolute atomic E-state index is 0.156. The van der Waals surface area contributed by atoms with E-state index in [9.17, 15) is 0 Å². The Morgan fingerprint density at radius 1 is 1.40 bits per heavy atom. The van der Waals surface area contributed by atoms with Gasteiger partial charge >= 0.3 is 0 Å². The first-order valence-electron chi connectivity index (χ1n) is 5.10. The van der Waals surface area contributed by atoms with Crippen LogP contribution in [0.1, 0.15) is 12.5 Å². The van der Waals surface area contributed by atoms with E-state index in [1.807, 2.05) is 6.92 Å². The van der Waals surface area contributed by atoms with Crippen molar-refractivity contribution in [1.29, 1.82) is 0 Å². The second-order valence-corrected chi connectivity index (χ2v) is 4.63. The van der Waals surface area contributed by atoms with Gasteiger partial charge in [-0.3, -0.25) is 0 Å². The lowest BCUT2D eigenvalue weighted by molar-refractivity contribution is 0.251. The van der Waals surface area contributed by atoms with Crippen LogP contribution in [0.25, 0.3) is 10.1 Å². The fourth-order valence-corrected chi connectivity index (χ4v) is 2.48. The SMILES string of the molecule is CC(CO)NCc1csc2ccccc12. The minimum Gasteiger partial charge on any atom is -0.395 e.